The van der Waals surface area contributed by atoms with Crippen molar-refractivity contribution in [2.24, 2.45) is 0 Å². The van der Waals surface area contributed by atoms with Crippen LogP contribution in [0.4, 0.5) is 5.69 Å². The summed E-state index contributed by atoms with van der Waals surface area (Å²) in [5.74, 6) is 0.727. The highest BCUT2D eigenvalue weighted by molar-refractivity contribution is 7.99. The lowest BCUT2D eigenvalue weighted by atomic mass is 10.1. The molecule has 0 bridgehead atoms. The van der Waals surface area contributed by atoms with Gasteiger partial charge < -0.3 is 14.8 Å². The number of benzene rings is 2. The zero-order valence-corrected chi connectivity index (χ0v) is 21.3. The summed E-state index contributed by atoms with van der Waals surface area (Å²) in [6.45, 7) is 5.21. The van der Waals surface area contributed by atoms with Crippen LogP contribution >= 0.6 is 35.0 Å². The van der Waals surface area contributed by atoms with E-state index in [0.29, 0.717) is 39.5 Å². The molecule has 2 aromatic carbocycles. The number of hydrogen-bond donors (Lipinski definition) is 1. The lowest BCUT2D eigenvalue weighted by Gasteiger charge is -2.24. The van der Waals surface area contributed by atoms with Crippen molar-refractivity contribution < 1.29 is 9.59 Å². The van der Waals surface area contributed by atoms with Crippen molar-refractivity contribution in [2.75, 3.05) is 17.6 Å². The molecule has 1 N–H and O–H groups in total. The summed E-state index contributed by atoms with van der Waals surface area (Å²) >= 11 is 13.4. The molecule has 1 fully saturated rings. The van der Waals surface area contributed by atoms with Gasteiger partial charge in [0.25, 0.3) is 5.91 Å². The first-order chi connectivity index (χ1) is 16.4. The number of nitrogens with one attached hydrogen (secondary N) is 1. The minimum absolute atomic E-state index is 0.0461. The number of amides is 2. The van der Waals surface area contributed by atoms with Gasteiger partial charge in [0.05, 0.1) is 11.8 Å². The molecule has 0 aliphatic carbocycles. The predicted octanol–water partition coefficient (Wildman–Crippen LogP) is 5.62. The van der Waals surface area contributed by atoms with Crippen molar-refractivity contribution in [2.45, 2.75) is 44.4 Å². The Morgan fingerprint density at radius 1 is 1.15 bits per heavy atom. The van der Waals surface area contributed by atoms with Crippen LogP contribution in [0.3, 0.4) is 0 Å². The van der Waals surface area contributed by atoms with Crippen molar-refractivity contribution in [3.05, 3.63) is 69.5 Å². The smallest absolute Gasteiger partial charge is 0.254 e. The zero-order valence-electron chi connectivity index (χ0n) is 18.9. The number of rotatable bonds is 7. The van der Waals surface area contributed by atoms with Crippen LogP contribution in [0.2, 0.25) is 10.0 Å². The highest BCUT2D eigenvalue weighted by Crippen LogP contribution is 2.34. The van der Waals surface area contributed by atoms with E-state index in [1.54, 1.807) is 30.3 Å². The van der Waals surface area contributed by atoms with Gasteiger partial charge in [0.2, 0.25) is 5.91 Å². The average molecular weight is 518 g/mol. The fraction of sp³-hybridized carbons (Fsp3) is 0.333. The van der Waals surface area contributed by atoms with Gasteiger partial charge in [-0.15, -0.1) is 10.2 Å². The SMILES string of the molecule is CCn1c(SCC(=O)Nc2ccc(C)c(Cl)c2)nnc1C1CCCN1C(=O)c1ccc(Cl)cc1. The summed E-state index contributed by atoms with van der Waals surface area (Å²) in [6.07, 6.45) is 1.71. The molecule has 1 aromatic heterocycles. The number of carbonyl (C=O) groups excluding carboxylic acids is 2. The van der Waals surface area contributed by atoms with E-state index in [-0.39, 0.29) is 23.6 Å². The fourth-order valence-corrected chi connectivity index (χ4v) is 5.10. The number of likely N-dealkylation sites (tertiary alicyclic amines) is 1. The van der Waals surface area contributed by atoms with Crippen molar-refractivity contribution in [1.82, 2.24) is 19.7 Å². The quantitative estimate of drug-likeness (QED) is 0.411. The topological polar surface area (TPSA) is 80.1 Å². The van der Waals surface area contributed by atoms with Crippen molar-refractivity contribution in [3.8, 4) is 0 Å². The minimum atomic E-state index is -0.159. The first-order valence-electron chi connectivity index (χ1n) is 11.1. The number of anilines is 1. The van der Waals surface area contributed by atoms with Crippen molar-refractivity contribution >= 4 is 52.5 Å². The largest absolute Gasteiger partial charge is 0.328 e. The van der Waals surface area contributed by atoms with Crippen LogP contribution in [0.25, 0.3) is 0 Å². The molecule has 34 heavy (non-hydrogen) atoms. The summed E-state index contributed by atoms with van der Waals surface area (Å²) < 4.78 is 1.98. The summed E-state index contributed by atoms with van der Waals surface area (Å²) in [6, 6.07) is 12.2. The summed E-state index contributed by atoms with van der Waals surface area (Å²) in [5, 5.41) is 13.5. The van der Waals surface area contributed by atoms with E-state index >= 15 is 0 Å². The third-order valence-electron chi connectivity index (χ3n) is 5.75. The van der Waals surface area contributed by atoms with Gasteiger partial charge in [-0.2, -0.15) is 0 Å². The molecule has 1 aliphatic rings. The third-order valence-corrected chi connectivity index (χ3v) is 7.38. The number of nitrogens with zero attached hydrogens (tertiary/aromatic N) is 4. The maximum atomic E-state index is 13.1. The van der Waals surface area contributed by atoms with Gasteiger partial charge in [-0.25, -0.2) is 0 Å². The van der Waals surface area contributed by atoms with Crippen LogP contribution in [0.15, 0.2) is 47.6 Å². The van der Waals surface area contributed by atoms with Crippen molar-refractivity contribution in [3.63, 3.8) is 0 Å². The number of aryl methyl sites for hydroxylation is 1. The van der Waals surface area contributed by atoms with Crippen LogP contribution < -0.4 is 5.32 Å². The molecule has 0 saturated carbocycles. The first-order valence-corrected chi connectivity index (χ1v) is 12.8. The van der Waals surface area contributed by atoms with Gasteiger partial charge in [0.1, 0.15) is 0 Å². The number of aromatic nitrogens is 3. The second kappa shape index (κ2) is 10.8. The molecule has 4 rings (SSSR count). The Morgan fingerprint density at radius 3 is 2.62 bits per heavy atom. The van der Waals surface area contributed by atoms with Gasteiger partial charge in [0, 0.05) is 34.4 Å². The molecular formula is C24H25Cl2N5O2S. The van der Waals surface area contributed by atoms with E-state index in [1.165, 1.54) is 11.8 Å². The fourth-order valence-electron chi connectivity index (χ4n) is 3.98. The van der Waals surface area contributed by atoms with E-state index < -0.39 is 0 Å². The van der Waals surface area contributed by atoms with Gasteiger partial charge in [0.15, 0.2) is 11.0 Å². The average Bonchev–Trinajstić information content (AvgIpc) is 3.46. The van der Waals surface area contributed by atoms with Crippen LogP contribution in [0, 0.1) is 6.92 Å². The van der Waals surface area contributed by atoms with Crippen LogP contribution in [0.5, 0.6) is 0 Å². The molecule has 0 radical (unpaired) electrons. The van der Waals surface area contributed by atoms with Crippen LogP contribution in [-0.4, -0.2) is 43.8 Å². The highest BCUT2D eigenvalue weighted by Gasteiger charge is 2.34. The molecule has 0 spiro atoms. The Bertz CT molecular complexity index is 1200. The second-order valence-electron chi connectivity index (χ2n) is 8.05. The molecule has 2 heterocycles. The molecule has 1 atom stereocenters. The number of hydrogen-bond acceptors (Lipinski definition) is 5. The molecule has 7 nitrogen and oxygen atoms in total. The first kappa shape index (κ1) is 24.6. The summed E-state index contributed by atoms with van der Waals surface area (Å²) in [4.78, 5) is 27.5. The Hall–Kier alpha value is -2.55. The van der Waals surface area contributed by atoms with Crippen LogP contribution in [-0.2, 0) is 11.3 Å². The van der Waals surface area contributed by atoms with Gasteiger partial charge in [-0.05, 0) is 68.7 Å². The van der Waals surface area contributed by atoms with Crippen LogP contribution in [0.1, 0.15) is 47.6 Å². The predicted molar refractivity (Wildman–Crippen MR) is 136 cm³/mol. The molecule has 178 valence electrons. The standard InChI is InChI=1S/C24H25Cl2N5O2S/c1-3-30-22(20-5-4-12-31(20)23(33)16-7-9-17(25)10-8-16)28-29-24(30)34-14-21(32)27-18-11-6-15(2)19(26)13-18/h6-11,13,20H,3-5,12,14H2,1-2H3,(H,27,32). The van der Waals surface area contributed by atoms with E-state index in [9.17, 15) is 9.59 Å². The Kier molecular flexibility index (Phi) is 7.80. The Balaban J connectivity index is 1.45. The zero-order chi connectivity index (χ0) is 24.2. The third kappa shape index (κ3) is 5.40. The van der Waals surface area contributed by atoms with Crippen molar-refractivity contribution in [1.29, 1.82) is 0 Å². The Labute approximate surface area is 212 Å². The lowest BCUT2D eigenvalue weighted by molar-refractivity contribution is -0.113. The molecule has 10 heteroatoms. The molecule has 1 saturated heterocycles. The van der Waals surface area contributed by atoms with E-state index in [0.717, 1.165) is 24.2 Å². The maximum Gasteiger partial charge on any atom is 0.254 e. The summed E-state index contributed by atoms with van der Waals surface area (Å²) in [5.41, 5.74) is 2.20. The normalized spacial score (nSPS) is 15.5. The monoisotopic (exact) mass is 517 g/mol. The number of halogens is 2. The Morgan fingerprint density at radius 2 is 1.91 bits per heavy atom. The lowest BCUT2D eigenvalue weighted by Crippen LogP contribution is -2.32. The second-order valence-corrected chi connectivity index (χ2v) is 9.84. The van der Waals surface area contributed by atoms with Gasteiger partial charge >= 0.3 is 0 Å². The summed E-state index contributed by atoms with van der Waals surface area (Å²) in [7, 11) is 0. The van der Waals surface area contributed by atoms with E-state index in [4.69, 9.17) is 23.2 Å². The molecule has 1 unspecified atom stereocenters. The highest BCUT2D eigenvalue weighted by atomic mass is 35.5. The van der Waals surface area contributed by atoms with Gasteiger partial charge in [-0.3, -0.25) is 9.59 Å². The minimum Gasteiger partial charge on any atom is -0.328 e. The molecule has 1 aliphatic heterocycles. The molecule has 3 aromatic rings. The van der Waals surface area contributed by atoms with E-state index in [1.807, 2.05) is 35.4 Å². The van der Waals surface area contributed by atoms with E-state index in [2.05, 4.69) is 15.5 Å². The number of carbonyl (C=O) groups is 2. The maximum absolute atomic E-state index is 13.1. The molecule has 2 amide bonds. The van der Waals surface area contributed by atoms with Gasteiger partial charge in [-0.1, -0.05) is 41.0 Å². The molecular weight excluding hydrogens is 493 g/mol. The number of thioether (sulfide) groups is 1.